The van der Waals surface area contributed by atoms with Crippen LogP contribution in [0.15, 0.2) is 158 Å². The monoisotopic (exact) mass is 1340 g/mol. The number of benzene rings is 6. The second-order valence-electron chi connectivity index (χ2n) is 28.5. The first kappa shape index (κ1) is 72.9. The molecule has 2 saturated heterocycles. The molecule has 0 amide bonds. The number of rotatable bonds is 21. The van der Waals surface area contributed by atoms with Gasteiger partial charge in [0, 0.05) is 28.3 Å². The summed E-state index contributed by atoms with van der Waals surface area (Å²) < 4.78 is 53.4. The number of hydrogen-bond acceptors (Lipinski definition) is 13. The molecule has 6 aromatic carbocycles. The molecule has 0 aliphatic carbocycles. The highest BCUT2D eigenvalue weighted by Crippen LogP contribution is 2.46. The maximum Gasteiger partial charge on any atom is 0.261 e. The van der Waals surface area contributed by atoms with Crippen molar-refractivity contribution in [2.75, 3.05) is 13.7 Å². The molecule has 0 aromatic heterocycles. The van der Waals surface area contributed by atoms with E-state index in [1.54, 1.807) is 18.2 Å². The van der Waals surface area contributed by atoms with E-state index in [4.69, 9.17) is 59.5 Å². The summed E-state index contributed by atoms with van der Waals surface area (Å²) in [7, 11) is -10.9. The Balaban J connectivity index is 0.000000261. The zero-order valence-corrected chi connectivity index (χ0v) is 61.7. The second-order valence-corrected chi connectivity index (χ2v) is 51.3. The van der Waals surface area contributed by atoms with Gasteiger partial charge in [-0.3, -0.25) is 0 Å². The maximum atomic E-state index is 13.0. The summed E-state index contributed by atoms with van der Waals surface area (Å²) in [5, 5.41) is 59.6. The van der Waals surface area contributed by atoms with Crippen molar-refractivity contribution in [2.24, 2.45) is 0 Å². The lowest BCUT2D eigenvalue weighted by atomic mass is 9.87. The van der Waals surface area contributed by atoms with Crippen molar-refractivity contribution in [1.29, 1.82) is 0 Å². The van der Waals surface area contributed by atoms with Gasteiger partial charge in [0.05, 0.1) is 32.0 Å². The Morgan fingerprint density at radius 2 is 0.865 bits per heavy atom. The minimum Gasteiger partial charge on any atom is -0.409 e. The normalized spacial score (nSPS) is 24.9. The molecule has 13 nitrogen and oxygen atoms in total. The van der Waals surface area contributed by atoms with Crippen LogP contribution in [0.4, 0.5) is 0 Å². The SMILES string of the molecule is CC[C@H]1OC(O)(c2ccc(Cl)c(CO[Si](c3ccccc3)(c3ccccc3)C(C)(C)C)c2)[C@H](O[Si](C)(C)C)[C@@H](O[Si](C)(C)C)[C@@H]1O[Si](C)(C)C.COC1(c2ccc(Cl)c(CO[Si](c3ccccc3)(c3ccccc3)C(C)(C)C)c2)O[C@H](CO)[C@@H](O)[C@H](O)[C@H]1O. The van der Waals surface area contributed by atoms with Crippen molar-refractivity contribution in [2.45, 2.75) is 198 Å². The van der Waals surface area contributed by atoms with E-state index in [0.717, 1.165) is 15.9 Å². The van der Waals surface area contributed by atoms with E-state index in [-0.39, 0.29) is 29.4 Å². The van der Waals surface area contributed by atoms with Crippen molar-refractivity contribution in [1.82, 2.24) is 0 Å². The van der Waals surface area contributed by atoms with Gasteiger partial charge in [-0.15, -0.1) is 0 Å². The average Bonchev–Trinajstić information content (AvgIpc) is 0.815. The van der Waals surface area contributed by atoms with Gasteiger partial charge in [0.25, 0.3) is 16.6 Å². The van der Waals surface area contributed by atoms with E-state index in [1.165, 1.54) is 17.5 Å². The van der Waals surface area contributed by atoms with E-state index < -0.39 is 102 Å². The average molecular weight is 1350 g/mol. The quantitative estimate of drug-likeness (QED) is 0.0431. The number of aliphatic hydroxyl groups is 5. The number of methoxy groups -OCH3 is 1. The molecule has 6 aromatic rings. The van der Waals surface area contributed by atoms with Gasteiger partial charge in [-0.1, -0.05) is 205 Å². The number of hydrogen-bond donors (Lipinski definition) is 5. The molecule has 486 valence electrons. The fraction of sp³-hybridized carbons (Fsp3) is 0.478. The third-order valence-corrected chi connectivity index (χ3v) is 30.1. The molecule has 0 radical (unpaired) electrons. The number of halogens is 2. The minimum atomic E-state index is -2.87. The molecule has 2 fully saturated rings. The van der Waals surface area contributed by atoms with Crippen LogP contribution >= 0.6 is 23.2 Å². The van der Waals surface area contributed by atoms with Crippen LogP contribution in [0.5, 0.6) is 0 Å². The first-order valence-corrected chi connectivity index (χ1v) is 45.7. The maximum absolute atomic E-state index is 13.0. The van der Waals surface area contributed by atoms with Crippen LogP contribution in [0.2, 0.25) is 79.0 Å². The van der Waals surface area contributed by atoms with Crippen LogP contribution in [-0.4, -0.2) is 130 Å². The van der Waals surface area contributed by atoms with Crippen LogP contribution in [0.25, 0.3) is 0 Å². The standard InChI is InChI=1S/C39H61ClO6Si4.C30H37ClO7Si/c1-14-34-35(44-47(5,6)7)36(45-48(8,9)10)37(46-49(11,12)13)39(41,43-34)30-25-26-33(40)29(27-30)28-42-50(38(2,3)4,31-21-17-15-18-22-31)32-23-19-16-20-24-32;1-29(2,3)39(22-11-7-5-8-12-22,23-13-9-6-10-14-23)37-19-20-17-21(15-16-24(20)31)30(36-4)28(35)27(34)26(33)25(18-32)38-30/h15-27,34-37,41H,14,28H2,1-13H3;5-17,25-28,32-35H,18-19H2,1-4H3/t34-,35-,36+,37-,39?;25-,26-,27+,28-,30?/m11/s1. The Morgan fingerprint density at radius 1 is 0.494 bits per heavy atom. The summed E-state index contributed by atoms with van der Waals surface area (Å²) >= 11 is 13.6. The molecule has 2 unspecified atom stereocenters. The molecule has 2 aliphatic rings. The summed E-state index contributed by atoms with van der Waals surface area (Å²) in [5.41, 5.74) is 2.35. The molecule has 10 atom stereocenters. The van der Waals surface area contributed by atoms with Gasteiger partial charge in [0.1, 0.15) is 36.6 Å². The van der Waals surface area contributed by atoms with Gasteiger partial charge in [-0.05, 0) is 132 Å². The highest BCUT2D eigenvalue weighted by Gasteiger charge is 2.60. The highest BCUT2D eigenvalue weighted by atomic mass is 35.5. The Bertz CT molecular complexity index is 3130. The molecule has 20 heteroatoms. The summed E-state index contributed by atoms with van der Waals surface area (Å²) in [5.74, 6) is -3.66. The Kier molecular flexibility index (Phi) is 23.7. The zero-order chi connectivity index (χ0) is 65.8. The van der Waals surface area contributed by atoms with Gasteiger partial charge in [0.15, 0.2) is 25.0 Å². The fourth-order valence-electron chi connectivity index (χ4n) is 12.5. The van der Waals surface area contributed by atoms with Crippen molar-refractivity contribution in [3.8, 4) is 0 Å². The molecule has 2 heterocycles. The lowest BCUT2D eigenvalue weighted by molar-refractivity contribution is -0.366. The molecular formula is C69H98Cl2O13Si5. The molecule has 5 N–H and O–H groups in total. The zero-order valence-electron chi connectivity index (χ0n) is 55.2. The molecule has 0 bridgehead atoms. The second kappa shape index (κ2) is 29.0. The van der Waals surface area contributed by atoms with E-state index in [0.29, 0.717) is 33.2 Å². The van der Waals surface area contributed by atoms with Crippen LogP contribution in [0.3, 0.4) is 0 Å². The first-order valence-electron chi connectivity index (χ1n) is 30.9. The molecule has 0 saturated carbocycles. The Hall–Kier alpha value is -3.54. The Labute approximate surface area is 545 Å². The highest BCUT2D eigenvalue weighted by molar-refractivity contribution is 7.00. The van der Waals surface area contributed by atoms with E-state index in [9.17, 15) is 25.5 Å². The van der Waals surface area contributed by atoms with Crippen molar-refractivity contribution >= 4 is 85.5 Å². The minimum absolute atomic E-state index is 0.157. The fourth-order valence-corrected chi connectivity index (χ4v) is 25.1. The summed E-state index contributed by atoms with van der Waals surface area (Å²) in [4.78, 5) is 0. The Morgan fingerprint density at radius 3 is 1.21 bits per heavy atom. The predicted octanol–water partition coefficient (Wildman–Crippen LogP) is 11.7. The topological polar surface area (TPSA) is 175 Å². The van der Waals surface area contributed by atoms with Gasteiger partial charge < -0.3 is 61.9 Å². The van der Waals surface area contributed by atoms with Crippen molar-refractivity contribution < 1.29 is 61.9 Å². The summed E-state index contributed by atoms with van der Waals surface area (Å²) in [6.07, 6.45) is -7.41. The van der Waals surface area contributed by atoms with E-state index in [2.05, 4.69) is 180 Å². The molecule has 89 heavy (non-hydrogen) atoms. The van der Waals surface area contributed by atoms with Crippen LogP contribution in [0, 0.1) is 0 Å². The van der Waals surface area contributed by atoms with Gasteiger partial charge >= 0.3 is 0 Å². The molecule has 0 spiro atoms. The molecule has 2 aliphatic heterocycles. The smallest absolute Gasteiger partial charge is 0.261 e. The number of ether oxygens (including phenoxy) is 3. The summed E-state index contributed by atoms with van der Waals surface area (Å²) in [6, 6.07) is 52.3. The van der Waals surface area contributed by atoms with Gasteiger partial charge in [0.2, 0.25) is 11.6 Å². The van der Waals surface area contributed by atoms with Crippen molar-refractivity contribution in [3.63, 3.8) is 0 Å². The van der Waals surface area contributed by atoms with Crippen LogP contribution in [0.1, 0.15) is 77.1 Å². The van der Waals surface area contributed by atoms with E-state index in [1.807, 2.05) is 66.7 Å². The predicted molar refractivity (Wildman–Crippen MR) is 370 cm³/mol. The van der Waals surface area contributed by atoms with Crippen molar-refractivity contribution in [3.05, 3.63) is 190 Å². The van der Waals surface area contributed by atoms with Gasteiger partial charge in [-0.2, -0.15) is 0 Å². The van der Waals surface area contributed by atoms with E-state index >= 15 is 0 Å². The molecule has 8 rings (SSSR count). The van der Waals surface area contributed by atoms with Crippen LogP contribution in [-0.2, 0) is 61.1 Å². The molecular weight excluding hydrogens is 1250 g/mol. The van der Waals surface area contributed by atoms with Gasteiger partial charge in [-0.25, -0.2) is 0 Å². The lowest BCUT2D eigenvalue weighted by Crippen LogP contribution is -2.68. The third kappa shape index (κ3) is 16.2. The first-order chi connectivity index (χ1) is 41.5. The van der Waals surface area contributed by atoms with Crippen LogP contribution < -0.4 is 20.7 Å². The summed E-state index contributed by atoms with van der Waals surface area (Å²) in [6.45, 7) is 34.7. The largest absolute Gasteiger partial charge is 0.409 e. The number of aliphatic hydroxyl groups excluding tert-OH is 4. The lowest BCUT2D eigenvalue weighted by Gasteiger charge is -2.54. The third-order valence-electron chi connectivity index (χ3n) is 16.5.